The van der Waals surface area contributed by atoms with Crippen molar-refractivity contribution in [2.24, 2.45) is 0 Å². The van der Waals surface area contributed by atoms with Crippen molar-refractivity contribution in [1.82, 2.24) is 10.2 Å². The van der Waals surface area contributed by atoms with Crippen LogP contribution in [0.25, 0.3) is 10.9 Å². The summed E-state index contributed by atoms with van der Waals surface area (Å²) in [6.07, 6.45) is 0. The number of aromatic nitrogens is 2. The van der Waals surface area contributed by atoms with Gasteiger partial charge in [-0.1, -0.05) is 33.6 Å². The molecule has 0 unspecified atom stereocenters. The Kier molecular flexibility index (Phi) is 2.07. The summed E-state index contributed by atoms with van der Waals surface area (Å²) in [6.45, 7) is 0. The van der Waals surface area contributed by atoms with Gasteiger partial charge in [0.1, 0.15) is 0 Å². The van der Waals surface area contributed by atoms with Crippen molar-refractivity contribution in [2.75, 3.05) is 0 Å². The minimum absolute atomic E-state index is 0.743. The van der Waals surface area contributed by atoms with Gasteiger partial charge in [0.25, 0.3) is 0 Å². The van der Waals surface area contributed by atoms with Gasteiger partial charge in [0, 0.05) is 10.7 Å². The number of hydrogen-bond acceptors (Lipinski definition) is 1. The van der Waals surface area contributed by atoms with E-state index in [4.69, 9.17) is 11.6 Å². The molecule has 0 spiro atoms. The highest BCUT2D eigenvalue weighted by molar-refractivity contribution is 9.08. The SMILES string of the molecule is Clc1cccc2n[nH]c(CBr)c12. The summed E-state index contributed by atoms with van der Waals surface area (Å²) in [7, 11) is 0. The first kappa shape index (κ1) is 8.08. The number of benzene rings is 1. The van der Waals surface area contributed by atoms with Gasteiger partial charge < -0.3 is 0 Å². The average molecular weight is 246 g/mol. The van der Waals surface area contributed by atoms with Crippen LogP contribution in [0.2, 0.25) is 5.02 Å². The number of aromatic amines is 1. The zero-order valence-electron chi connectivity index (χ0n) is 6.14. The number of fused-ring (bicyclic) bond motifs is 1. The lowest BCUT2D eigenvalue weighted by Gasteiger charge is -1.93. The Morgan fingerprint density at radius 3 is 3.08 bits per heavy atom. The molecular weight excluding hydrogens is 239 g/mol. The quantitative estimate of drug-likeness (QED) is 0.769. The summed E-state index contributed by atoms with van der Waals surface area (Å²) in [4.78, 5) is 0. The third kappa shape index (κ3) is 1.13. The number of halogens is 2. The van der Waals surface area contributed by atoms with Gasteiger partial charge >= 0.3 is 0 Å². The van der Waals surface area contributed by atoms with E-state index in [0.717, 1.165) is 26.9 Å². The maximum atomic E-state index is 6.00. The van der Waals surface area contributed by atoms with Crippen LogP contribution in [0.3, 0.4) is 0 Å². The van der Waals surface area contributed by atoms with E-state index in [0.29, 0.717) is 0 Å². The molecule has 0 fully saturated rings. The van der Waals surface area contributed by atoms with Crippen LogP contribution in [0, 0.1) is 0 Å². The third-order valence-electron chi connectivity index (χ3n) is 1.74. The van der Waals surface area contributed by atoms with E-state index in [9.17, 15) is 0 Å². The second-order valence-electron chi connectivity index (χ2n) is 2.47. The number of alkyl halides is 1. The van der Waals surface area contributed by atoms with Gasteiger partial charge in [0.15, 0.2) is 0 Å². The molecule has 2 rings (SSSR count). The predicted molar refractivity (Wildman–Crippen MR) is 53.7 cm³/mol. The van der Waals surface area contributed by atoms with Crippen molar-refractivity contribution in [3.63, 3.8) is 0 Å². The Morgan fingerprint density at radius 2 is 2.33 bits per heavy atom. The lowest BCUT2D eigenvalue weighted by Crippen LogP contribution is -1.77. The lowest BCUT2D eigenvalue weighted by molar-refractivity contribution is 1.06. The maximum Gasteiger partial charge on any atom is 0.0939 e. The zero-order valence-corrected chi connectivity index (χ0v) is 8.48. The Morgan fingerprint density at radius 1 is 1.50 bits per heavy atom. The standard InChI is InChI=1S/C8H6BrClN2/c9-4-7-8-5(10)2-1-3-6(8)11-12-7/h1-3H,4H2,(H,11,12). The van der Waals surface area contributed by atoms with Crippen molar-refractivity contribution in [2.45, 2.75) is 5.33 Å². The lowest BCUT2D eigenvalue weighted by atomic mass is 10.2. The molecule has 4 heteroatoms. The van der Waals surface area contributed by atoms with E-state index in [1.54, 1.807) is 0 Å². The smallest absolute Gasteiger partial charge is 0.0939 e. The van der Waals surface area contributed by atoms with Gasteiger partial charge in [-0.15, -0.1) is 0 Å². The Balaban J connectivity index is 2.83. The molecule has 1 heterocycles. The second kappa shape index (κ2) is 3.07. The van der Waals surface area contributed by atoms with Crippen LogP contribution in [0.15, 0.2) is 18.2 Å². The fraction of sp³-hybridized carbons (Fsp3) is 0.125. The van der Waals surface area contributed by atoms with Crippen molar-refractivity contribution in [3.05, 3.63) is 28.9 Å². The summed E-state index contributed by atoms with van der Waals surface area (Å²) in [5.74, 6) is 0. The molecule has 0 aliphatic carbocycles. The van der Waals surface area contributed by atoms with Gasteiger partial charge in [-0.05, 0) is 12.1 Å². The largest absolute Gasteiger partial charge is 0.280 e. The van der Waals surface area contributed by atoms with Crippen molar-refractivity contribution in [3.8, 4) is 0 Å². The Bertz CT molecular complexity index is 410. The normalized spacial score (nSPS) is 10.8. The van der Waals surface area contributed by atoms with E-state index in [-0.39, 0.29) is 0 Å². The highest BCUT2D eigenvalue weighted by atomic mass is 79.9. The van der Waals surface area contributed by atoms with Crippen LogP contribution < -0.4 is 0 Å². The average Bonchev–Trinajstić information content (AvgIpc) is 2.49. The van der Waals surface area contributed by atoms with E-state index < -0.39 is 0 Å². The third-order valence-corrected chi connectivity index (χ3v) is 2.61. The molecule has 1 aromatic carbocycles. The number of hydrogen-bond donors (Lipinski definition) is 1. The molecule has 0 saturated heterocycles. The molecule has 0 aliphatic heterocycles. The zero-order chi connectivity index (χ0) is 8.55. The van der Waals surface area contributed by atoms with E-state index in [1.807, 2.05) is 18.2 Å². The molecule has 0 amide bonds. The van der Waals surface area contributed by atoms with Gasteiger partial charge in [-0.25, -0.2) is 0 Å². The minimum atomic E-state index is 0.743. The molecule has 0 aliphatic rings. The molecule has 1 aromatic heterocycles. The number of H-pyrrole nitrogens is 1. The van der Waals surface area contributed by atoms with Crippen molar-refractivity contribution >= 4 is 38.4 Å². The monoisotopic (exact) mass is 244 g/mol. The van der Waals surface area contributed by atoms with Gasteiger partial charge in [-0.2, -0.15) is 5.10 Å². The highest BCUT2D eigenvalue weighted by Crippen LogP contribution is 2.25. The van der Waals surface area contributed by atoms with Crippen LogP contribution in [0.4, 0.5) is 0 Å². The van der Waals surface area contributed by atoms with Crippen LogP contribution >= 0.6 is 27.5 Å². The summed E-state index contributed by atoms with van der Waals surface area (Å²) >= 11 is 9.36. The topological polar surface area (TPSA) is 28.7 Å². The van der Waals surface area contributed by atoms with Gasteiger partial charge in [0.05, 0.1) is 16.2 Å². The molecule has 0 saturated carbocycles. The number of nitrogens with one attached hydrogen (secondary N) is 1. The fourth-order valence-electron chi connectivity index (χ4n) is 1.18. The highest BCUT2D eigenvalue weighted by Gasteiger charge is 2.06. The molecule has 0 bridgehead atoms. The fourth-order valence-corrected chi connectivity index (χ4v) is 1.87. The van der Waals surface area contributed by atoms with E-state index >= 15 is 0 Å². The second-order valence-corrected chi connectivity index (χ2v) is 3.44. The first-order chi connectivity index (χ1) is 5.83. The number of rotatable bonds is 1. The Labute approximate surface area is 83.0 Å². The van der Waals surface area contributed by atoms with Crippen molar-refractivity contribution in [1.29, 1.82) is 0 Å². The van der Waals surface area contributed by atoms with E-state index in [2.05, 4.69) is 26.1 Å². The van der Waals surface area contributed by atoms with Crippen LogP contribution in [-0.2, 0) is 5.33 Å². The molecule has 62 valence electrons. The van der Waals surface area contributed by atoms with Crippen LogP contribution in [0.5, 0.6) is 0 Å². The summed E-state index contributed by atoms with van der Waals surface area (Å²) in [5, 5.41) is 9.53. The molecular formula is C8H6BrClN2. The van der Waals surface area contributed by atoms with Gasteiger partial charge in [-0.3, -0.25) is 5.10 Å². The minimum Gasteiger partial charge on any atom is -0.280 e. The molecule has 0 atom stereocenters. The molecule has 1 N–H and O–H groups in total. The van der Waals surface area contributed by atoms with Gasteiger partial charge in [0.2, 0.25) is 0 Å². The first-order valence-corrected chi connectivity index (χ1v) is 5.00. The summed E-state index contributed by atoms with van der Waals surface area (Å²) < 4.78 is 0. The first-order valence-electron chi connectivity index (χ1n) is 3.50. The maximum absolute atomic E-state index is 6.00. The summed E-state index contributed by atoms with van der Waals surface area (Å²) in [6, 6.07) is 5.69. The van der Waals surface area contributed by atoms with Crippen LogP contribution in [-0.4, -0.2) is 10.2 Å². The van der Waals surface area contributed by atoms with Crippen molar-refractivity contribution < 1.29 is 0 Å². The van der Waals surface area contributed by atoms with Crippen LogP contribution in [0.1, 0.15) is 5.69 Å². The summed E-state index contributed by atoms with van der Waals surface area (Å²) in [5.41, 5.74) is 1.94. The Hall–Kier alpha value is -0.540. The predicted octanol–water partition coefficient (Wildman–Crippen LogP) is 3.11. The number of nitrogens with zero attached hydrogens (tertiary/aromatic N) is 1. The molecule has 2 nitrogen and oxygen atoms in total. The molecule has 12 heavy (non-hydrogen) atoms. The van der Waals surface area contributed by atoms with E-state index in [1.165, 1.54) is 0 Å². The molecule has 0 radical (unpaired) electrons. The molecule has 2 aromatic rings.